The van der Waals surface area contributed by atoms with Crippen LogP contribution in [0.1, 0.15) is 43.0 Å². The maximum Gasteiger partial charge on any atom is 0.255 e. The second-order valence-electron chi connectivity index (χ2n) is 6.80. The zero-order valence-electron chi connectivity index (χ0n) is 16.1. The summed E-state index contributed by atoms with van der Waals surface area (Å²) in [6, 6.07) is 14.1. The lowest BCUT2D eigenvalue weighted by Gasteiger charge is -2.12. The third-order valence-electron chi connectivity index (χ3n) is 4.46. The largest absolute Gasteiger partial charge is 0.491 e. The van der Waals surface area contributed by atoms with Crippen LogP contribution in [0.3, 0.4) is 0 Å². The Kier molecular flexibility index (Phi) is 7.03. The third kappa shape index (κ3) is 5.82. The topological polar surface area (TPSA) is 76.7 Å². The van der Waals surface area contributed by atoms with Crippen molar-refractivity contribution in [3.8, 4) is 5.75 Å². The average Bonchev–Trinajstić information content (AvgIpc) is 3.21. The molecule has 2 amide bonds. The van der Waals surface area contributed by atoms with Crippen molar-refractivity contribution in [3.05, 3.63) is 54.1 Å². The monoisotopic (exact) mass is 382 g/mol. The molecule has 1 aliphatic heterocycles. The molecule has 1 heterocycles. The lowest BCUT2D eigenvalue weighted by molar-refractivity contribution is -0.116. The van der Waals surface area contributed by atoms with Gasteiger partial charge in [0, 0.05) is 30.0 Å². The van der Waals surface area contributed by atoms with Crippen LogP contribution in [-0.4, -0.2) is 31.1 Å². The molecular formula is C22H26N2O4. The number of hydrogen-bond acceptors (Lipinski definition) is 4. The summed E-state index contributed by atoms with van der Waals surface area (Å²) < 4.78 is 11.3. The van der Waals surface area contributed by atoms with Gasteiger partial charge in [-0.1, -0.05) is 13.0 Å². The summed E-state index contributed by atoms with van der Waals surface area (Å²) in [5.74, 6) is 0.458. The van der Waals surface area contributed by atoms with E-state index in [9.17, 15) is 9.59 Å². The number of benzene rings is 2. The number of nitrogens with one attached hydrogen (secondary N) is 2. The van der Waals surface area contributed by atoms with Crippen LogP contribution in [-0.2, 0) is 9.53 Å². The Hall–Kier alpha value is -2.86. The minimum Gasteiger partial charge on any atom is -0.491 e. The Bertz CT molecular complexity index is 798. The Morgan fingerprint density at radius 1 is 1.11 bits per heavy atom. The van der Waals surface area contributed by atoms with Gasteiger partial charge < -0.3 is 20.1 Å². The molecule has 2 aromatic rings. The molecule has 28 heavy (non-hydrogen) atoms. The number of ether oxygens (including phenoxy) is 2. The van der Waals surface area contributed by atoms with Gasteiger partial charge in [-0.15, -0.1) is 0 Å². The quantitative estimate of drug-likeness (QED) is 0.716. The molecule has 1 atom stereocenters. The normalized spacial score (nSPS) is 15.8. The van der Waals surface area contributed by atoms with Crippen LogP contribution in [0, 0.1) is 0 Å². The molecular weight excluding hydrogens is 356 g/mol. The van der Waals surface area contributed by atoms with E-state index in [1.165, 1.54) is 0 Å². The molecule has 2 aromatic carbocycles. The van der Waals surface area contributed by atoms with E-state index in [1.54, 1.807) is 48.5 Å². The van der Waals surface area contributed by atoms with Crippen molar-refractivity contribution >= 4 is 23.2 Å². The number of rotatable bonds is 8. The van der Waals surface area contributed by atoms with Crippen LogP contribution in [0.5, 0.6) is 5.75 Å². The van der Waals surface area contributed by atoms with Gasteiger partial charge in [-0.05, 0) is 61.7 Å². The van der Waals surface area contributed by atoms with E-state index >= 15 is 0 Å². The number of anilines is 2. The van der Waals surface area contributed by atoms with Crippen LogP contribution < -0.4 is 15.4 Å². The summed E-state index contributed by atoms with van der Waals surface area (Å²) in [5, 5.41) is 5.67. The Labute approximate surface area is 165 Å². The molecule has 2 N–H and O–H groups in total. The van der Waals surface area contributed by atoms with E-state index in [0.29, 0.717) is 35.7 Å². The molecule has 0 saturated carbocycles. The van der Waals surface area contributed by atoms with Gasteiger partial charge in [0.15, 0.2) is 0 Å². The first-order valence-corrected chi connectivity index (χ1v) is 9.70. The molecule has 0 bridgehead atoms. The Morgan fingerprint density at radius 2 is 1.86 bits per heavy atom. The van der Waals surface area contributed by atoms with Crippen molar-refractivity contribution in [3.63, 3.8) is 0 Å². The van der Waals surface area contributed by atoms with Crippen molar-refractivity contribution < 1.29 is 19.1 Å². The fourth-order valence-corrected chi connectivity index (χ4v) is 3.00. The average molecular weight is 382 g/mol. The van der Waals surface area contributed by atoms with E-state index < -0.39 is 0 Å². The van der Waals surface area contributed by atoms with Crippen molar-refractivity contribution in [2.45, 2.75) is 38.7 Å². The van der Waals surface area contributed by atoms with E-state index in [-0.39, 0.29) is 17.9 Å². The molecule has 148 valence electrons. The van der Waals surface area contributed by atoms with Gasteiger partial charge in [0.2, 0.25) is 5.91 Å². The van der Waals surface area contributed by atoms with Gasteiger partial charge in [0.05, 0.1) is 6.10 Å². The highest BCUT2D eigenvalue weighted by atomic mass is 16.5. The van der Waals surface area contributed by atoms with Gasteiger partial charge >= 0.3 is 0 Å². The first-order valence-electron chi connectivity index (χ1n) is 9.70. The van der Waals surface area contributed by atoms with Crippen LogP contribution in [0.2, 0.25) is 0 Å². The second kappa shape index (κ2) is 9.90. The summed E-state index contributed by atoms with van der Waals surface area (Å²) >= 11 is 0. The van der Waals surface area contributed by atoms with Crippen LogP contribution >= 0.6 is 0 Å². The zero-order chi connectivity index (χ0) is 19.8. The smallest absolute Gasteiger partial charge is 0.255 e. The predicted molar refractivity (Wildman–Crippen MR) is 109 cm³/mol. The molecule has 1 aliphatic rings. The maximum atomic E-state index is 12.5. The maximum absolute atomic E-state index is 12.5. The lowest BCUT2D eigenvalue weighted by Crippen LogP contribution is -2.16. The van der Waals surface area contributed by atoms with Crippen LogP contribution in [0.25, 0.3) is 0 Å². The summed E-state index contributed by atoms with van der Waals surface area (Å²) in [5.41, 5.74) is 1.82. The first kappa shape index (κ1) is 19.9. The van der Waals surface area contributed by atoms with E-state index in [0.717, 1.165) is 25.9 Å². The fourth-order valence-electron chi connectivity index (χ4n) is 3.00. The number of carbonyl (C=O) groups is 2. The summed E-state index contributed by atoms with van der Waals surface area (Å²) in [4.78, 5) is 24.2. The molecule has 6 heteroatoms. The highest BCUT2D eigenvalue weighted by molar-refractivity contribution is 6.04. The number of carbonyl (C=O) groups excluding carboxylic acids is 2. The summed E-state index contributed by atoms with van der Waals surface area (Å²) in [6.07, 6.45) is 3.52. The SMILES string of the molecule is CCCC(=O)Nc1cccc(NC(=O)c2ccc(OC[C@@H]3CCCO3)cc2)c1. The van der Waals surface area contributed by atoms with Gasteiger partial charge in [0.1, 0.15) is 12.4 Å². The molecule has 3 rings (SSSR count). The minimum absolute atomic E-state index is 0.0374. The number of amides is 2. The molecule has 0 aromatic heterocycles. The van der Waals surface area contributed by atoms with Gasteiger partial charge in [-0.25, -0.2) is 0 Å². The summed E-state index contributed by atoms with van der Waals surface area (Å²) in [7, 11) is 0. The highest BCUT2D eigenvalue weighted by Gasteiger charge is 2.16. The van der Waals surface area contributed by atoms with E-state index in [1.807, 2.05) is 6.92 Å². The Morgan fingerprint density at radius 3 is 2.54 bits per heavy atom. The fraction of sp³-hybridized carbons (Fsp3) is 0.364. The van der Waals surface area contributed by atoms with E-state index in [4.69, 9.17) is 9.47 Å². The van der Waals surface area contributed by atoms with Gasteiger partial charge in [0.25, 0.3) is 5.91 Å². The Balaban J connectivity index is 1.54. The predicted octanol–water partition coefficient (Wildman–Crippen LogP) is 4.24. The second-order valence-corrected chi connectivity index (χ2v) is 6.80. The lowest BCUT2D eigenvalue weighted by atomic mass is 10.2. The number of hydrogen-bond donors (Lipinski definition) is 2. The zero-order valence-corrected chi connectivity index (χ0v) is 16.1. The van der Waals surface area contributed by atoms with E-state index in [2.05, 4.69) is 10.6 Å². The molecule has 6 nitrogen and oxygen atoms in total. The first-order chi connectivity index (χ1) is 13.6. The van der Waals surface area contributed by atoms with Gasteiger partial charge in [-0.3, -0.25) is 9.59 Å². The van der Waals surface area contributed by atoms with Crippen molar-refractivity contribution in [2.24, 2.45) is 0 Å². The molecule has 0 unspecified atom stereocenters. The van der Waals surface area contributed by atoms with Crippen molar-refractivity contribution in [1.82, 2.24) is 0 Å². The van der Waals surface area contributed by atoms with Crippen molar-refractivity contribution in [2.75, 3.05) is 23.8 Å². The molecule has 1 saturated heterocycles. The molecule has 0 aliphatic carbocycles. The van der Waals surface area contributed by atoms with Crippen LogP contribution in [0.4, 0.5) is 11.4 Å². The van der Waals surface area contributed by atoms with Crippen LogP contribution in [0.15, 0.2) is 48.5 Å². The third-order valence-corrected chi connectivity index (χ3v) is 4.46. The highest BCUT2D eigenvalue weighted by Crippen LogP contribution is 2.19. The molecule has 1 fully saturated rings. The molecule has 0 radical (unpaired) electrons. The minimum atomic E-state index is -0.220. The van der Waals surface area contributed by atoms with Gasteiger partial charge in [-0.2, -0.15) is 0 Å². The molecule has 0 spiro atoms. The van der Waals surface area contributed by atoms with Crippen molar-refractivity contribution in [1.29, 1.82) is 0 Å². The standard InChI is InChI=1S/C22H26N2O4/c1-2-5-21(25)23-17-6-3-7-18(14-17)24-22(26)16-9-11-19(12-10-16)28-15-20-8-4-13-27-20/h3,6-7,9-12,14,20H,2,4-5,8,13,15H2,1H3,(H,23,25)(H,24,26)/t20-/m0/s1. The summed E-state index contributed by atoms with van der Waals surface area (Å²) in [6.45, 7) is 3.29.